The summed E-state index contributed by atoms with van der Waals surface area (Å²) in [6.45, 7) is 3.59. The van der Waals surface area contributed by atoms with E-state index in [4.69, 9.17) is 9.47 Å². The Morgan fingerprint density at radius 2 is 1.85 bits per heavy atom. The summed E-state index contributed by atoms with van der Waals surface area (Å²) in [5.41, 5.74) is 0.798. The van der Waals surface area contributed by atoms with Gasteiger partial charge in [-0.15, -0.1) is 0 Å². The largest absolute Gasteiger partial charge is 0.494 e. The van der Waals surface area contributed by atoms with Crippen LogP contribution in [0, 0.1) is 0 Å². The fourth-order valence-corrected chi connectivity index (χ4v) is 2.75. The number of hydrogen-bond donors (Lipinski definition) is 1. The zero-order chi connectivity index (χ0) is 19.4. The average Bonchev–Trinajstić information content (AvgIpc) is 2.74. The second-order valence-electron chi connectivity index (χ2n) is 5.99. The van der Waals surface area contributed by atoms with E-state index >= 15 is 0 Å². The lowest BCUT2D eigenvalue weighted by atomic mass is 10.2. The van der Waals surface area contributed by atoms with E-state index in [2.05, 4.69) is 5.32 Å². The van der Waals surface area contributed by atoms with Crippen LogP contribution in [0.15, 0.2) is 48.5 Å². The Hall–Kier alpha value is -3.35. The minimum atomic E-state index is -0.865. The number of rotatable bonds is 5. The third kappa shape index (κ3) is 4.08. The second kappa shape index (κ2) is 7.90. The van der Waals surface area contributed by atoms with Crippen LogP contribution >= 0.6 is 0 Å². The smallest absolute Gasteiger partial charge is 0.270 e. The average molecular weight is 368 g/mol. The first-order valence-electron chi connectivity index (χ1n) is 8.63. The number of imide groups is 1. The lowest BCUT2D eigenvalue weighted by molar-refractivity contribution is -0.137. The molecule has 1 heterocycles. The molecule has 0 aliphatic carbocycles. The van der Waals surface area contributed by atoms with Crippen molar-refractivity contribution in [1.82, 2.24) is 4.90 Å². The Labute approximate surface area is 156 Å². The van der Waals surface area contributed by atoms with Crippen LogP contribution in [0.5, 0.6) is 11.5 Å². The van der Waals surface area contributed by atoms with E-state index in [1.807, 2.05) is 6.92 Å². The Balaban J connectivity index is 1.74. The van der Waals surface area contributed by atoms with Crippen LogP contribution in [0.25, 0.3) is 0 Å². The molecule has 2 aromatic carbocycles. The number of anilines is 1. The Bertz CT molecular complexity index is 863. The molecule has 1 atom stereocenters. The van der Waals surface area contributed by atoms with E-state index in [0.29, 0.717) is 23.8 Å². The van der Waals surface area contributed by atoms with Crippen LogP contribution in [0.3, 0.4) is 0 Å². The number of para-hydroxylation sites is 1. The van der Waals surface area contributed by atoms with Crippen LogP contribution in [0.4, 0.5) is 5.69 Å². The molecule has 1 aliphatic heterocycles. The van der Waals surface area contributed by atoms with Crippen molar-refractivity contribution >= 4 is 23.4 Å². The molecule has 0 aromatic heterocycles. The molecule has 1 aliphatic rings. The van der Waals surface area contributed by atoms with E-state index in [1.54, 1.807) is 55.5 Å². The third-order valence-corrected chi connectivity index (χ3v) is 4.03. The molecular weight excluding hydrogens is 348 g/mol. The fraction of sp³-hybridized carbons (Fsp3) is 0.250. The summed E-state index contributed by atoms with van der Waals surface area (Å²) in [5, 5.41) is 2.68. The van der Waals surface area contributed by atoms with Crippen LogP contribution in [-0.4, -0.2) is 41.9 Å². The number of carbonyl (C=O) groups excluding carboxylic acids is 3. The van der Waals surface area contributed by atoms with Gasteiger partial charge in [0.1, 0.15) is 18.0 Å². The summed E-state index contributed by atoms with van der Waals surface area (Å²) in [7, 11) is 0. The molecule has 0 radical (unpaired) electrons. The summed E-state index contributed by atoms with van der Waals surface area (Å²) in [4.78, 5) is 38.5. The zero-order valence-electron chi connectivity index (χ0n) is 15.1. The number of fused-ring (bicyclic) bond motifs is 1. The number of carbonyl (C=O) groups is 3. The fourth-order valence-electron chi connectivity index (χ4n) is 2.75. The van der Waals surface area contributed by atoms with E-state index in [0.717, 1.165) is 4.90 Å². The second-order valence-corrected chi connectivity index (χ2v) is 5.99. The van der Waals surface area contributed by atoms with Crippen molar-refractivity contribution in [2.75, 3.05) is 18.5 Å². The van der Waals surface area contributed by atoms with Crippen LogP contribution < -0.4 is 14.8 Å². The van der Waals surface area contributed by atoms with E-state index in [9.17, 15) is 14.4 Å². The van der Waals surface area contributed by atoms with Gasteiger partial charge in [0.15, 0.2) is 6.10 Å². The van der Waals surface area contributed by atoms with Gasteiger partial charge in [-0.1, -0.05) is 12.1 Å². The van der Waals surface area contributed by atoms with Crippen molar-refractivity contribution in [3.63, 3.8) is 0 Å². The standard InChI is InChI=1S/C20H20N2O5/c1-3-26-15-10-8-14(9-11-15)21-18(23)12-22-19(24)13(2)27-17-7-5-4-6-16(17)20(22)25/h4-11,13H,3,12H2,1-2H3,(H,21,23)/t13-/m0/s1. The number of benzene rings is 2. The molecule has 0 fully saturated rings. The minimum absolute atomic E-state index is 0.254. The summed E-state index contributed by atoms with van der Waals surface area (Å²) in [6.07, 6.45) is -0.865. The molecule has 0 unspecified atom stereocenters. The highest BCUT2D eigenvalue weighted by Crippen LogP contribution is 2.25. The van der Waals surface area contributed by atoms with Gasteiger partial charge in [0.25, 0.3) is 11.8 Å². The maximum Gasteiger partial charge on any atom is 0.270 e. The first kappa shape index (κ1) is 18.4. The van der Waals surface area contributed by atoms with Gasteiger partial charge in [-0.05, 0) is 50.2 Å². The molecule has 7 nitrogen and oxygen atoms in total. The molecule has 3 rings (SSSR count). The van der Waals surface area contributed by atoms with Gasteiger partial charge in [-0.2, -0.15) is 0 Å². The quantitative estimate of drug-likeness (QED) is 0.820. The predicted octanol–water partition coefficient (Wildman–Crippen LogP) is 2.47. The van der Waals surface area contributed by atoms with Crippen LogP contribution in [0.2, 0.25) is 0 Å². The molecule has 27 heavy (non-hydrogen) atoms. The molecule has 0 spiro atoms. The van der Waals surface area contributed by atoms with Crippen LogP contribution in [-0.2, 0) is 9.59 Å². The minimum Gasteiger partial charge on any atom is -0.494 e. The number of hydrogen-bond acceptors (Lipinski definition) is 5. The van der Waals surface area contributed by atoms with E-state index < -0.39 is 30.4 Å². The van der Waals surface area contributed by atoms with Gasteiger partial charge >= 0.3 is 0 Å². The maximum absolute atomic E-state index is 12.7. The van der Waals surface area contributed by atoms with Gasteiger partial charge in [0, 0.05) is 5.69 Å². The highest BCUT2D eigenvalue weighted by molar-refractivity contribution is 6.11. The van der Waals surface area contributed by atoms with Crippen LogP contribution in [0.1, 0.15) is 24.2 Å². The van der Waals surface area contributed by atoms with Gasteiger partial charge < -0.3 is 14.8 Å². The number of amides is 3. The van der Waals surface area contributed by atoms with Crippen molar-refractivity contribution in [3.05, 3.63) is 54.1 Å². The molecule has 140 valence electrons. The third-order valence-electron chi connectivity index (χ3n) is 4.03. The van der Waals surface area contributed by atoms with Gasteiger partial charge in [-0.25, -0.2) is 0 Å². The number of ether oxygens (including phenoxy) is 2. The van der Waals surface area contributed by atoms with Crippen molar-refractivity contribution in [3.8, 4) is 11.5 Å². The molecule has 0 saturated carbocycles. The number of nitrogens with zero attached hydrogens (tertiary/aromatic N) is 1. The SMILES string of the molecule is CCOc1ccc(NC(=O)CN2C(=O)c3ccccc3O[C@@H](C)C2=O)cc1. The molecule has 2 aromatic rings. The first-order chi connectivity index (χ1) is 13.0. The molecule has 0 saturated heterocycles. The van der Waals surface area contributed by atoms with Gasteiger partial charge in [0.2, 0.25) is 5.91 Å². The summed E-state index contributed by atoms with van der Waals surface area (Å²) in [6, 6.07) is 13.4. The Morgan fingerprint density at radius 3 is 2.56 bits per heavy atom. The highest BCUT2D eigenvalue weighted by Gasteiger charge is 2.35. The van der Waals surface area contributed by atoms with Crippen molar-refractivity contribution < 1.29 is 23.9 Å². The molecule has 3 amide bonds. The lowest BCUT2D eigenvalue weighted by Crippen LogP contribution is -2.45. The monoisotopic (exact) mass is 368 g/mol. The predicted molar refractivity (Wildman–Crippen MR) is 98.8 cm³/mol. The highest BCUT2D eigenvalue weighted by atomic mass is 16.5. The van der Waals surface area contributed by atoms with Crippen molar-refractivity contribution in [2.24, 2.45) is 0 Å². The normalized spacial score (nSPS) is 16.2. The zero-order valence-corrected chi connectivity index (χ0v) is 15.1. The van der Waals surface area contributed by atoms with Gasteiger partial charge in [-0.3, -0.25) is 19.3 Å². The van der Waals surface area contributed by atoms with E-state index in [1.165, 1.54) is 0 Å². The topological polar surface area (TPSA) is 84.9 Å². The van der Waals surface area contributed by atoms with Crippen molar-refractivity contribution in [2.45, 2.75) is 20.0 Å². The number of nitrogens with one attached hydrogen (secondary N) is 1. The Morgan fingerprint density at radius 1 is 1.15 bits per heavy atom. The molecule has 1 N–H and O–H groups in total. The summed E-state index contributed by atoms with van der Waals surface area (Å²) < 4.78 is 10.9. The summed E-state index contributed by atoms with van der Waals surface area (Å²) in [5.74, 6) is -0.569. The molecule has 7 heteroatoms. The first-order valence-corrected chi connectivity index (χ1v) is 8.63. The van der Waals surface area contributed by atoms with E-state index in [-0.39, 0.29) is 5.56 Å². The molecule has 0 bridgehead atoms. The Kier molecular flexibility index (Phi) is 5.40. The molecular formula is C20H20N2O5. The summed E-state index contributed by atoms with van der Waals surface area (Å²) >= 11 is 0. The van der Waals surface area contributed by atoms with Crippen molar-refractivity contribution in [1.29, 1.82) is 0 Å². The van der Waals surface area contributed by atoms with Gasteiger partial charge in [0.05, 0.1) is 12.2 Å². The lowest BCUT2D eigenvalue weighted by Gasteiger charge is -2.20. The maximum atomic E-state index is 12.7.